The summed E-state index contributed by atoms with van der Waals surface area (Å²) >= 11 is 1.19. The van der Waals surface area contributed by atoms with Crippen LogP contribution in [0, 0.1) is 22.5 Å². The van der Waals surface area contributed by atoms with Crippen LogP contribution in [0.2, 0.25) is 0 Å². The first kappa shape index (κ1) is 18.8. The predicted molar refractivity (Wildman–Crippen MR) is 99.1 cm³/mol. The van der Waals surface area contributed by atoms with Gasteiger partial charge in [-0.2, -0.15) is 0 Å². The zero-order valence-electron chi connectivity index (χ0n) is 14.8. The van der Waals surface area contributed by atoms with Crippen molar-refractivity contribution in [3.8, 4) is 0 Å². The lowest BCUT2D eigenvalue weighted by atomic mass is 9.91. The molecule has 7 heteroatoms. The molecule has 2 rings (SSSR count). The van der Waals surface area contributed by atoms with Gasteiger partial charge in [0, 0.05) is 30.2 Å². The van der Waals surface area contributed by atoms with Gasteiger partial charge in [-0.1, -0.05) is 32.9 Å². The van der Waals surface area contributed by atoms with Gasteiger partial charge in [0.1, 0.15) is 4.66 Å². The normalized spacial score (nSPS) is 13.3. The van der Waals surface area contributed by atoms with E-state index in [2.05, 4.69) is 0 Å². The van der Waals surface area contributed by atoms with E-state index in [9.17, 15) is 19.7 Å². The van der Waals surface area contributed by atoms with Crippen molar-refractivity contribution < 1.29 is 9.72 Å². The summed E-state index contributed by atoms with van der Waals surface area (Å²) < 4.78 is 2.40. The number of aryl methyl sites for hydroxylation is 1. The van der Waals surface area contributed by atoms with Gasteiger partial charge in [0.25, 0.3) is 11.2 Å². The fraction of sp³-hybridized carbons (Fsp3) is 0.333. The summed E-state index contributed by atoms with van der Waals surface area (Å²) in [7, 11) is 1.61. The standard InChI is InChI=1S/C18H20N2O4S/c1-11-6-7-12(8-13(11)20(23)24)9-14-17(22)19(5)16(25-14)10-15(21)18(2,3)4/h6-10H,1-5H3/b14-9-,16-10-. The van der Waals surface area contributed by atoms with Crippen molar-refractivity contribution in [2.24, 2.45) is 12.5 Å². The molecule has 0 saturated heterocycles. The van der Waals surface area contributed by atoms with Crippen LogP contribution in [0.1, 0.15) is 31.9 Å². The number of benzene rings is 1. The van der Waals surface area contributed by atoms with Crippen LogP contribution in [0.4, 0.5) is 5.69 Å². The van der Waals surface area contributed by atoms with E-state index in [-0.39, 0.29) is 17.0 Å². The Morgan fingerprint density at radius 2 is 1.96 bits per heavy atom. The van der Waals surface area contributed by atoms with E-state index in [1.165, 1.54) is 28.0 Å². The molecule has 0 amide bonds. The van der Waals surface area contributed by atoms with Crippen LogP contribution >= 0.6 is 11.3 Å². The Hall–Kier alpha value is -2.54. The van der Waals surface area contributed by atoms with Gasteiger partial charge in [-0.05, 0) is 18.6 Å². The molecular formula is C18H20N2O4S. The van der Waals surface area contributed by atoms with Crippen LogP contribution < -0.4 is 14.8 Å². The highest BCUT2D eigenvalue weighted by Crippen LogP contribution is 2.19. The number of rotatable bonds is 3. The molecule has 1 aromatic heterocycles. The van der Waals surface area contributed by atoms with Crippen molar-refractivity contribution in [3.63, 3.8) is 0 Å². The Morgan fingerprint density at radius 1 is 1.32 bits per heavy atom. The van der Waals surface area contributed by atoms with Gasteiger partial charge in [0.05, 0.1) is 9.46 Å². The Morgan fingerprint density at radius 3 is 2.52 bits per heavy atom. The molecule has 0 saturated carbocycles. The van der Waals surface area contributed by atoms with Crippen LogP contribution in [-0.4, -0.2) is 15.3 Å². The van der Waals surface area contributed by atoms with Gasteiger partial charge in [-0.3, -0.25) is 19.7 Å². The molecule has 0 radical (unpaired) electrons. The van der Waals surface area contributed by atoms with Crippen molar-refractivity contribution in [2.75, 3.05) is 0 Å². The Balaban J connectivity index is 2.61. The molecule has 0 aliphatic rings. The zero-order valence-corrected chi connectivity index (χ0v) is 15.6. The second-order valence-electron chi connectivity index (χ2n) is 6.87. The molecular weight excluding hydrogens is 340 g/mol. The fourth-order valence-electron chi connectivity index (χ4n) is 2.10. The van der Waals surface area contributed by atoms with Gasteiger partial charge in [-0.15, -0.1) is 11.3 Å². The van der Waals surface area contributed by atoms with E-state index >= 15 is 0 Å². The third-order valence-corrected chi connectivity index (χ3v) is 4.90. The molecule has 6 nitrogen and oxygen atoms in total. The summed E-state index contributed by atoms with van der Waals surface area (Å²) in [5.41, 5.74) is 0.385. The number of hydrogen-bond donors (Lipinski definition) is 0. The number of Topliss-reactive ketones (excluding diaryl/α,β-unsaturated/α-hetero) is 1. The number of hydrogen-bond acceptors (Lipinski definition) is 5. The van der Waals surface area contributed by atoms with E-state index in [1.807, 2.05) is 20.8 Å². The molecule has 0 aliphatic carbocycles. The third kappa shape index (κ3) is 4.11. The molecule has 0 bridgehead atoms. The Kier molecular flexibility index (Phi) is 5.08. The second kappa shape index (κ2) is 6.76. The molecule has 0 N–H and O–H groups in total. The first-order valence-corrected chi connectivity index (χ1v) is 8.51. The van der Waals surface area contributed by atoms with Gasteiger partial charge >= 0.3 is 0 Å². The lowest BCUT2D eigenvalue weighted by molar-refractivity contribution is -0.385. The Bertz CT molecular complexity index is 1020. The minimum absolute atomic E-state index is 0.0110. The van der Waals surface area contributed by atoms with Crippen LogP contribution in [0.3, 0.4) is 0 Å². The maximum absolute atomic E-state index is 12.4. The molecule has 1 aromatic carbocycles. The number of ketones is 1. The number of carbonyl (C=O) groups excluding carboxylic acids is 1. The lowest BCUT2D eigenvalue weighted by Crippen LogP contribution is -2.30. The van der Waals surface area contributed by atoms with E-state index < -0.39 is 10.3 Å². The lowest BCUT2D eigenvalue weighted by Gasteiger charge is -2.12. The average molecular weight is 360 g/mol. The molecule has 0 fully saturated rings. The van der Waals surface area contributed by atoms with E-state index in [0.717, 1.165) is 0 Å². The highest BCUT2D eigenvalue weighted by molar-refractivity contribution is 7.07. The maximum atomic E-state index is 12.4. The Labute approximate surface area is 148 Å². The van der Waals surface area contributed by atoms with E-state index in [4.69, 9.17) is 0 Å². The molecule has 0 aliphatic heterocycles. The summed E-state index contributed by atoms with van der Waals surface area (Å²) in [6.45, 7) is 7.11. The number of nitro benzene ring substituents is 1. The molecule has 0 unspecified atom stereocenters. The van der Waals surface area contributed by atoms with Crippen molar-refractivity contribution in [3.05, 3.63) is 59.0 Å². The smallest absolute Gasteiger partial charge is 0.272 e. The minimum atomic E-state index is -0.526. The molecule has 2 aromatic rings. The molecule has 0 atom stereocenters. The fourth-order valence-corrected chi connectivity index (χ4v) is 3.13. The predicted octanol–water partition coefficient (Wildman–Crippen LogP) is 1.89. The summed E-state index contributed by atoms with van der Waals surface area (Å²) in [4.78, 5) is 35.2. The summed E-state index contributed by atoms with van der Waals surface area (Å²) in [5, 5.41) is 11.1. The molecule has 1 heterocycles. The first-order chi connectivity index (χ1) is 11.5. The van der Waals surface area contributed by atoms with E-state index in [1.54, 1.807) is 32.2 Å². The minimum Gasteiger partial charge on any atom is -0.302 e. The third-order valence-electron chi connectivity index (χ3n) is 3.78. The number of nitro groups is 1. The summed E-state index contributed by atoms with van der Waals surface area (Å²) in [6, 6.07) is 4.82. The largest absolute Gasteiger partial charge is 0.302 e. The first-order valence-electron chi connectivity index (χ1n) is 7.69. The SMILES string of the molecule is Cc1ccc(/C=c2\s/c(=C\C(=O)C(C)(C)C)n(C)c2=O)cc1[N+](=O)[O-]. The summed E-state index contributed by atoms with van der Waals surface area (Å²) in [6.07, 6.45) is 3.08. The molecule has 132 valence electrons. The topological polar surface area (TPSA) is 82.2 Å². The van der Waals surface area contributed by atoms with Crippen LogP contribution in [0.15, 0.2) is 23.0 Å². The average Bonchev–Trinajstić information content (AvgIpc) is 2.76. The van der Waals surface area contributed by atoms with Gasteiger partial charge in [0.2, 0.25) is 0 Å². The van der Waals surface area contributed by atoms with Gasteiger partial charge < -0.3 is 4.57 Å². The van der Waals surface area contributed by atoms with Crippen molar-refractivity contribution in [1.82, 2.24) is 4.57 Å². The highest BCUT2D eigenvalue weighted by atomic mass is 32.1. The maximum Gasteiger partial charge on any atom is 0.272 e. The van der Waals surface area contributed by atoms with Crippen LogP contribution in [-0.2, 0) is 11.8 Å². The van der Waals surface area contributed by atoms with Crippen molar-refractivity contribution in [1.29, 1.82) is 0 Å². The van der Waals surface area contributed by atoms with E-state index in [0.29, 0.717) is 20.3 Å². The molecule has 25 heavy (non-hydrogen) atoms. The monoisotopic (exact) mass is 360 g/mol. The number of thiazole rings is 1. The van der Waals surface area contributed by atoms with Crippen LogP contribution in [0.25, 0.3) is 12.2 Å². The quantitative estimate of drug-likeness (QED) is 0.618. The summed E-state index contributed by atoms with van der Waals surface area (Å²) in [5.74, 6) is -0.0677. The van der Waals surface area contributed by atoms with Gasteiger partial charge in [-0.25, -0.2) is 0 Å². The number of aromatic nitrogens is 1. The van der Waals surface area contributed by atoms with Crippen molar-refractivity contribution >= 4 is 35.0 Å². The zero-order chi connectivity index (χ0) is 18.9. The van der Waals surface area contributed by atoms with Gasteiger partial charge in [0.15, 0.2) is 5.78 Å². The number of nitrogens with zero attached hydrogens (tertiary/aromatic N) is 2. The second-order valence-corrected chi connectivity index (χ2v) is 7.94. The molecule has 0 spiro atoms. The highest BCUT2D eigenvalue weighted by Gasteiger charge is 2.19. The number of carbonyl (C=O) groups is 1. The van der Waals surface area contributed by atoms with Crippen molar-refractivity contribution in [2.45, 2.75) is 27.7 Å². The van der Waals surface area contributed by atoms with Crippen LogP contribution in [0.5, 0.6) is 0 Å².